The molecule has 0 aromatic heterocycles. The van der Waals surface area contributed by atoms with Crippen LogP contribution in [0.25, 0.3) is 6.08 Å². The quantitative estimate of drug-likeness (QED) is 0.571. The molecule has 1 aliphatic rings. The van der Waals surface area contributed by atoms with Gasteiger partial charge in [-0.3, -0.25) is 4.79 Å². The normalized spacial score (nSPS) is 17.8. The van der Waals surface area contributed by atoms with Gasteiger partial charge in [0.1, 0.15) is 12.7 Å². The molecule has 4 nitrogen and oxygen atoms in total. The van der Waals surface area contributed by atoms with Crippen LogP contribution in [-0.4, -0.2) is 32.2 Å². The molecule has 0 aliphatic carbocycles. The van der Waals surface area contributed by atoms with Crippen LogP contribution in [0.3, 0.4) is 0 Å². The second kappa shape index (κ2) is 5.69. The standard InChI is InChI=1S/C14H16O4/c1-10(15)3-4-11-5-6-13(14(7-11)16-2)18-9-12-8-17-12/h3-7,12H,8-9H2,1-2H3. The lowest BCUT2D eigenvalue weighted by Gasteiger charge is -2.10. The van der Waals surface area contributed by atoms with Crippen LogP contribution in [0.1, 0.15) is 12.5 Å². The minimum absolute atomic E-state index is 0.0141. The Kier molecular flexibility index (Phi) is 3.99. The summed E-state index contributed by atoms with van der Waals surface area (Å²) in [4.78, 5) is 10.9. The second-order valence-corrected chi connectivity index (χ2v) is 4.12. The Morgan fingerprint density at radius 1 is 1.50 bits per heavy atom. The number of methoxy groups -OCH3 is 1. The minimum Gasteiger partial charge on any atom is -0.493 e. The zero-order valence-corrected chi connectivity index (χ0v) is 10.5. The van der Waals surface area contributed by atoms with Crippen LogP contribution in [-0.2, 0) is 9.53 Å². The number of carbonyl (C=O) groups is 1. The third kappa shape index (κ3) is 3.60. The largest absolute Gasteiger partial charge is 0.493 e. The summed E-state index contributed by atoms with van der Waals surface area (Å²) in [5, 5.41) is 0. The molecule has 0 amide bonds. The van der Waals surface area contributed by atoms with E-state index in [1.807, 2.05) is 18.2 Å². The van der Waals surface area contributed by atoms with Crippen molar-refractivity contribution in [2.24, 2.45) is 0 Å². The van der Waals surface area contributed by atoms with Crippen molar-refractivity contribution in [3.05, 3.63) is 29.8 Å². The first kappa shape index (κ1) is 12.6. The molecule has 1 heterocycles. The molecule has 4 heteroatoms. The zero-order chi connectivity index (χ0) is 13.0. The number of carbonyl (C=O) groups excluding carboxylic acids is 1. The fourth-order valence-electron chi connectivity index (χ4n) is 1.47. The number of ether oxygens (including phenoxy) is 3. The van der Waals surface area contributed by atoms with Crippen molar-refractivity contribution in [2.45, 2.75) is 13.0 Å². The van der Waals surface area contributed by atoms with Gasteiger partial charge in [0.2, 0.25) is 0 Å². The Morgan fingerprint density at radius 3 is 2.89 bits per heavy atom. The van der Waals surface area contributed by atoms with E-state index in [2.05, 4.69) is 0 Å². The highest BCUT2D eigenvalue weighted by molar-refractivity contribution is 5.91. The van der Waals surface area contributed by atoms with Gasteiger partial charge in [0, 0.05) is 0 Å². The van der Waals surface area contributed by atoms with Gasteiger partial charge in [0.05, 0.1) is 13.7 Å². The summed E-state index contributed by atoms with van der Waals surface area (Å²) in [6.45, 7) is 2.82. The summed E-state index contributed by atoms with van der Waals surface area (Å²) in [5.74, 6) is 1.36. The smallest absolute Gasteiger partial charge is 0.161 e. The van der Waals surface area contributed by atoms with Gasteiger partial charge >= 0.3 is 0 Å². The first-order valence-corrected chi connectivity index (χ1v) is 5.80. The van der Waals surface area contributed by atoms with Crippen molar-refractivity contribution >= 4 is 11.9 Å². The van der Waals surface area contributed by atoms with Gasteiger partial charge in [0.25, 0.3) is 0 Å². The molecule has 1 saturated heterocycles. The van der Waals surface area contributed by atoms with Gasteiger partial charge in [-0.25, -0.2) is 0 Å². The molecule has 2 rings (SSSR count). The second-order valence-electron chi connectivity index (χ2n) is 4.12. The summed E-state index contributed by atoms with van der Waals surface area (Å²) in [6, 6.07) is 5.55. The van der Waals surface area contributed by atoms with Gasteiger partial charge in [-0.15, -0.1) is 0 Å². The van der Waals surface area contributed by atoms with Crippen LogP contribution >= 0.6 is 0 Å². The summed E-state index contributed by atoms with van der Waals surface area (Å²) in [5.41, 5.74) is 0.900. The van der Waals surface area contributed by atoms with Crippen LogP contribution in [0.2, 0.25) is 0 Å². The predicted molar refractivity (Wildman–Crippen MR) is 67.9 cm³/mol. The maximum atomic E-state index is 10.9. The molecule has 0 radical (unpaired) electrons. The summed E-state index contributed by atoms with van der Waals surface area (Å²) in [7, 11) is 1.59. The molecule has 1 fully saturated rings. The molecule has 1 aliphatic heterocycles. The van der Waals surface area contributed by atoms with Gasteiger partial charge in [0.15, 0.2) is 17.3 Å². The average molecular weight is 248 g/mol. The average Bonchev–Trinajstić information content (AvgIpc) is 3.18. The summed E-state index contributed by atoms with van der Waals surface area (Å²) in [6.07, 6.45) is 3.48. The molecule has 1 unspecified atom stereocenters. The van der Waals surface area contributed by atoms with Crippen LogP contribution in [0.15, 0.2) is 24.3 Å². The number of ketones is 1. The summed E-state index contributed by atoms with van der Waals surface area (Å²) < 4.78 is 15.9. The molecule has 96 valence electrons. The fraction of sp³-hybridized carbons (Fsp3) is 0.357. The van der Waals surface area contributed by atoms with E-state index in [4.69, 9.17) is 14.2 Å². The van der Waals surface area contributed by atoms with E-state index in [1.54, 1.807) is 13.2 Å². The van der Waals surface area contributed by atoms with Crippen molar-refractivity contribution in [3.63, 3.8) is 0 Å². The van der Waals surface area contributed by atoms with Crippen molar-refractivity contribution < 1.29 is 19.0 Å². The van der Waals surface area contributed by atoms with E-state index in [0.29, 0.717) is 18.1 Å². The molecule has 1 atom stereocenters. The highest BCUT2D eigenvalue weighted by Crippen LogP contribution is 2.29. The lowest BCUT2D eigenvalue weighted by molar-refractivity contribution is -0.112. The van der Waals surface area contributed by atoms with Gasteiger partial charge < -0.3 is 14.2 Å². The molecular weight excluding hydrogens is 232 g/mol. The molecule has 0 bridgehead atoms. The Morgan fingerprint density at radius 2 is 2.28 bits per heavy atom. The van der Waals surface area contributed by atoms with E-state index < -0.39 is 0 Å². The van der Waals surface area contributed by atoms with Gasteiger partial charge in [-0.1, -0.05) is 12.1 Å². The number of rotatable bonds is 6. The molecule has 18 heavy (non-hydrogen) atoms. The van der Waals surface area contributed by atoms with E-state index in [0.717, 1.165) is 12.2 Å². The van der Waals surface area contributed by atoms with Crippen molar-refractivity contribution in [3.8, 4) is 11.5 Å². The Hall–Kier alpha value is -1.81. The SMILES string of the molecule is COc1cc(C=CC(C)=O)ccc1OCC1CO1. The lowest BCUT2D eigenvalue weighted by Crippen LogP contribution is -2.05. The lowest BCUT2D eigenvalue weighted by atomic mass is 10.1. The highest BCUT2D eigenvalue weighted by Gasteiger charge is 2.23. The number of hydrogen-bond acceptors (Lipinski definition) is 4. The Bertz CT molecular complexity index is 461. The van der Waals surface area contributed by atoms with Crippen molar-refractivity contribution in [1.82, 2.24) is 0 Å². The van der Waals surface area contributed by atoms with Crippen LogP contribution in [0.5, 0.6) is 11.5 Å². The Balaban J connectivity index is 2.08. The monoisotopic (exact) mass is 248 g/mol. The molecule has 1 aromatic rings. The first-order chi connectivity index (χ1) is 8.69. The predicted octanol–water partition coefficient (Wildman–Crippen LogP) is 2.07. The van der Waals surface area contributed by atoms with Crippen LogP contribution in [0, 0.1) is 0 Å². The van der Waals surface area contributed by atoms with Crippen molar-refractivity contribution in [2.75, 3.05) is 20.3 Å². The van der Waals surface area contributed by atoms with E-state index in [9.17, 15) is 4.79 Å². The molecular formula is C14H16O4. The van der Waals surface area contributed by atoms with Crippen LogP contribution < -0.4 is 9.47 Å². The zero-order valence-electron chi connectivity index (χ0n) is 10.5. The third-order valence-electron chi connectivity index (χ3n) is 2.53. The topological polar surface area (TPSA) is 48.1 Å². The summed E-state index contributed by atoms with van der Waals surface area (Å²) >= 11 is 0. The maximum absolute atomic E-state index is 10.9. The molecule has 0 saturated carbocycles. The van der Waals surface area contributed by atoms with Gasteiger partial charge in [-0.2, -0.15) is 0 Å². The molecule has 0 N–H and O–H groups in total. The number of allylic oxidation sites excluding steroid dienone is 1. The van der Waals surface area contributed by atoms with E-state index in [-0.39, 0.29) is 11.9 Å². The Labute approximate surface area is 106 Å². The number of hydrogen-bond donors (Lipinski definition) is 0. The maximum Gasteiger partial charge on any atom is 0.161 e. The highest BCUT2D eigenvalue weighted by atomic mass is 16.6. The first-order valence-electron chi connectivity index (χ1n) is 5.80. The third-order valence-corrected chi connectivity index (χ3v) is 2.53. The minimum atomic E-state index is 0.0141. The van der Waals surface area contributed by atoms with Crippen LogP contribution in [0.4, 0.5) is 0 Å². The number of benzene rings is 1. The molecule has 0 spiro atoms. The van der Waals surface area contributed by atoms with E-state index >= 15 is 0 Å². The van der Waals surface area contributed by atoms with Crippen molar-refractivity contribution in [1.29, 1.82) is 0 Å². The van der Waals surface area contributed by atoms with E-state index in [1.165, 1.54) is 13.0 Å². The number of epoxide rings is 1. The molecule has 1 aromatic carbocycles. The van der Waals surface area contributed by atoms with Gasteiger partial charge in [-0.05, 0) is 30.7 Å². The fourth-order valence-corrected chi connectivity index (χ4v) is 1.47.